The van der Waals surface area contributed by atoms with Crippen LogP contribution < -0.4 is 20.3 Å². The van der Waals surface area contributed by atoms with Crippen molar-refractivity contribution in [2.24, 2.45) is 7.05 Å². The number of anilines is 1. The van der Waals surface area contributed by atoms with Gasteiger partial charge in [-0.1, -0.05) is 37.1 Å². The summed E-state index contributed by atoms with van der Waals surface area (Å²) in [4.78, 5) is 27.0. The van der Waals surface area contributed by atoms with Gasteiger partial charge >= 0.3 is 0 Å². The zero-order valence-electron chi connectivity index (χ0n) is 18.4. The molecule has 0 bridgehead atoms. The number of para-hydroxylation sites is 1. The molecule has 32 heavy (non-hydrogen) atoms. The van der Waals surface area contributed by atoms with Gasteiger partial charge < -0.3 is 14.8 Å². The van der Waals surface area contributed by atoms with Gasteiger partial charge in [0.15, 0.2) is 11.5 Å². The molecule has 1 aliphatic heterocycles. The Morgan fingerprint density at radius 2 is 1.69 bits per heavy atom. The summed E-state index contributed by atoms with van der Waals surface area (Å²) in [5.41, 5.74) is 1.77. The summed E-state index contributed by atoms with van der Waals surface area (Å²) in [7, 11) is 1.82. The van der Waals surface area contributed by atoms with Gasteiger partial charge in [0.2, 0.25) is 5.91 Å². The van der Waals surface area contributed by atoms with Crippen molar-refractivity contribution in [2.45, 2.75) is 38.0 Å². The van der Waals surface area contributed by atoms with Crippen LogP contribution in [-0.4, -0.2) is 28.5 Å². The molecule has 1 aromatic heterocycles. The summed E-state index contributed by atoms with van der Waals surface area (Å²) >= 11 is 0. The van der Waals surface area contributed by atoms with Gasteiger partial charge in [-0.15, -0.1) is 0 Å². The maximum absolute atomic E-state index is 13.7. The normalized spacial score (nSPS) is 16.7. The van der Waals surface area contributed by atoms with E-state index in [0.29, 0.717) is 36.1 Å². The maximum Gasteiger partial charge on any atom is 0.295 e. The van der Waals surface area contributed by atoms with Crippen LogP contribution in [0.3, 0.4) is 0 Å². The third-order valence-corrected chi connectivity index (χ3v) is 6.78. The molecule has 5 rings (SSSR count). The van der Waals surface area contributed by atoms with Gasteiger partial charge in [-0.2, -0.15) is 0 Å². The molecular weight excluding hydrogens is 406 g/mol. The Hall–Kier alpha value is -3.48. The number of rotatable bonds is 4. The topological polar surface area (TPSA) is 74.5 Å². The zero-order valence-corrected chi connectivity index (χ0v) is 18.4. The summed E-state index contributed by atoms with van der Waals surface area (Å²) in [6.07, 6.45) is 3.39. The van der Waals surface area contributed by atoms with E-state index in [4.69, 9.17) is 9.47 Å². The van der Waals surface area contributed by atoms with E-state index in [1.54, 1.807) is 9.36 Å². The second kappa shape index (κ2) is 7.89. The average Bonchev–Trinajstić information content (AvgIpc) is 3.40. The van der Waals surface area contributed by atoms with E-state index in [0.717, 1.165) is 36.9 Å². The van der Waals surface area contributed by atoms with Gasteiger partial charge in [0, 0.05) is 7.05 Å². The fourth-order valence-electron chi connectivity index (χ4n) is 4.91. The van der Waals surface area contributed by atoms with Crippen LogP contribution in [0.2, 0.25) is 0 Å². The number of aromatic nitrogens is 2. The Kier molecular flexibility index (Phi) is 5.04. The number of benzene rings is 2. The fraction of sp³-hybridized carbons (Fsp3) is 0.360. The molecule has 166 valence electrons. The van der Waals surface area contributed by atoms with Crippen molar-refractivity contribution in [3.8, 4) is 17.2 Å². The summed E-state index contributed by atoms with van der Waals surface area (Å²) in [6, 6.07) is 15.2. The summed E-state index contributed by atoms with van der Waals surface area (Å²) in [5.74, 6) is 1.24. The number of fused-ring (bicyclic) bond motifs is 1. The molecule has 0 spiro atoms. The van der Waals surface area contributed by atoms with Crippen molar-refractivity contribution in [1.82, 2.24) is 9.36 Å². The number of carbonyl (C=O) groups is 1. The molecule has 2 heterocycles. The molecule has 1 amide bonds. The van der Waals surface area contributed by atoms with Gasteiger partial charge in [0.25, 0.3) is 5.56 Å². The Balaban J connectivity index is 1.52. The van der Waals surface area contributed by atoms with E-state index in [9.17, 15) is 9.59 Å². The van der Waals surface area contributed by atoms with Crippen LogP contribution >= 0.6 is 0 Å². The predicted octanol–water partition coefficient (Wildman–Crippen LogP) is 3.71. The van der Waals surface area contributed by atoms with Crippen LogP contribution in [0.1, 0.15) is 36.9 Å². The SMILES string of the molecule is Cc1c(NC(=O)C2(c3ccc4c(c3)OCCO4)CCCC2)c(=O)n(-c2ccccc2)n1C. The zero-order chi connectivity index (χ0) is 22.3. The first kappa shape index (κ1) is 20.4. The monoisotopic (exact) mass is 433 g/mol. The minimum atomic E-state index is -0.692. The van der Waals surface area contributed by atoms with Gasteiger partial charge in [-0.3, -0.25) is 14.3 Å². The van der Waals surface area contributed by atoms with Crippen LogP contribution in [0.15, 0.2) is 53.3 Å². The number of ether oxygens (including phenoxy) is 2. The molecule has 1 fully saturated rings. The average molecular weight is 434 g/mol. The van der Waals surface area contributed by atoms with E-state index in [1.807, 2.05) is 62.5 Å². The van der Waals surface area contributed by atoms with E-state index < -0.39 is 5.41 Å². The fourth-order valence-corrected chi connectivity index (χ4v) is 4.91. The number of nitrogens with zero attached hydrogens (tertiary/aromatic N) is 2. The Morgan fingerprint density at radius 1 is 1.00 bits per heavy atom. The molecule has 0 radical (unpaired) electrons. The van der Waals surface area contributed by atoms with Crippen LogP contribution in [0.5, 0.6) is 11.5 Å². The first-order chi connectivity index (χ1) is 15.5. The van der Waals surface area contributed by atoms with Crippen LogP contribution in [0.4, 0.5) is 5.69 Å². The van der Waals surface area contributed by atoms with Crippen molar-refractivity contribution in [3.63, 3.8) is 0 Å². The lowest BCUT2D eigenvalue weighted by Gasteiger charge is -2.29. The highest BCUT2D eigenvalue weighted by atomic mass is 16.6. The molecule has 1 aliphatic carbocycles. The van der Waals surface area contributed by atoms with E-state index in [1.165, 1.54) is 0 Å². The minimum Gasteiger partial charge on any atom is -0.486 e. The van der Waals surface area contributed by atoms with E-state index in [-0.39, 0.29) is 11.5 Å². The van der Waals surface area contributed by atoms with Crippen molar-refractivity contribution in [2.75, 3.05) is 18.5 Å². The smallest absolute Gasteiger partial charge is 0.295 e. The molecule has 0 unspecified atom stereocenters. The second-order valence-corrected chi connectivity index (χ2v) is 8.54. The van der Waals surface area contributed by atoms with Crippen LogP contribution in [-0.2, 0) is 17.3 Å². The highest BCUT2D eigenvalue weighted by Gasteiger charge is 2.44. The number of carbonyl (C=O) groups excluding carboxylic acids is 1. The molecular formula is C25H27N3O4. The highest BCUT2D eigenvalue weighted by Crippen LogP contribution is 2.45. The Bertz CT molecular complexity index is 1220. The van der Waals surface area contributed by atoms with Crippen molar-refractivity contribution in [3.05, 3.63) is 70.1 Å². The third-order valence-electron chi connectivity index (χ3n) is 6.78. The first-order valence-corrected chi connectivity index (χ1v) is 11.1. The van der Waals surface area contributed by atoms with E-state index >= 15 is 0 Å². The Labute approximate surface area is 186 Å². The maximum atomic E-state index is 13.7. The molecule has 2 aromatic carbocycles. The quantitative estimate of drug-likeness (QED) is 0.681. The van der Waals surface area contributed by atoms with Crippen LogP contribution in [0.25, 0.3) is 5.69 Å². The number of nitrogens with one attached hydrogen (secondary N) is 1. The highest BCUT2D eigenvalue weighted by molar-refractivity contribution is 6.00. The lowest BCUT2D eigenvalue weighted by molar-refractivity contribution is -0.121. The van der Waals surface area contributed by atoms with Gasteiger partial charge in [0.05, 0.1) is 16.8 Å². The van der Waals surface area contributed by atoms with Gasteiger partial charge in [0.1, 0.15) is 18.9 Å². The Morgan fingerprint density at radius 3 is 2.41 bits per heavy atom. The standard InChI is InChI=1S/C25H27N3O4/c1-17-22(23(29)28(27(17)2)19-8-4-3-5-9-19)26-24(30)25(12-6-7-13-25)18-10-11-20-21(16-18)32-15-14-31-20/h3-5,8-11,16H,6-7,12-15H2,1-2H3,(H,26,30). The molecule has 1 saturated carbocycles. The number of hydrogen-bond donors (Lipinski definition) is 1. The van der Waals surface area contributed by atoms with E-state index in [2.05, 4.69) is 5.32 Å². The minimum absolute atomic E-state index is 0.141. The van der Waals surface area contributed by atoms with Crippen molar-refractivity contribution >= 4 is 11.6 Å². The molecule has 3 aromatic rings. The summed E-state index contributed by atoms with van der Waals surface area (Å²) in [5, 5.41) is 3.01. The molecule has 7 nitrogen and oxygen atoms in total. The lowest BCUT2D eigenvalue weighted by Crippen LogP contribution is -2.39. The molecule has 0 atom stereocenters. The first-order valence-electron chi connectivity index (χ1n) is 11.1. The molecule has 7 heteroatoms. The summed E-state index contributed by atoms with van der Waals surface area (Å²) in [6.45, 7) is 2.87. The molecule has 0 saturated heterocycles. The van der Waals surface area contributed by atoms with Gasteiger partial charge in [-0.25, -0.2) is 4.68 Å². The third kappa shape index (κ3) is 3.20. The number of amides is 1. The van der Waals surface area contributed by atoms with Gasteiger partial charge in [-0.05, 0) is 49.6 Å². The number of hydrogen-bond acceptors (Lipinski definition) is 4. The summed E-state index contributed by atoms with van der Waals surface area (Å²) < 4.78 is 14.8. The lowest BCUT2D eigenvalue weighted by atomic mass is 9.77. The molecule has 1 N–H and O–H groups in total. The van der Waals surface area contributed by atoms with Crippen molar-refractivity contribution < 1.29 is 14.3 Å². The largest absolute Gasteiger partial charge is 0.486 e. The van der Waals surface area contributed by atoms with Crippen LogP contribution in [0, 0.1) is 6.92 Å². The second-order valence-electron chi connectivity index (χ2n) is 8.54. The molecule has 2 aliphatic rings. The van der Waals surface area contributed by atoms with Crippen molar-refractivity contribution in [1.29, 1.82) is 0 Å². The predicted molar refractivity (Wildman–Crippen MR) is 122 cm³/mol.